The van der Waals surface area contributed by atoms with Crippen molar-refractivity contribution < 1.29 is 4.74 Å². The van der Waals surface area contributed by atoms with E-state index in [4.69, 9.17) is 4.74 Å². The normalized spacial score (nSPS) is 16.9. The van der Waals surface area contributed by atoms with Crippen molar-refractivity contribution in [3.8, 4) is 5.75 Å². The number of hydrogen-bond donors (Lipinski definition) is 1. The minimum Gasteiger partial charge on any atom is -0.482 e. The molecule has 1 unspecified atom stereocenters. The first-order chi connectivity index (χ1) is 9.19. The second-order valence-corrected chi connectivity index (χ2v) is 4.81. The van der Waals surface area contributed by atoms with Gasteiger partial charge < -0.3 is 10.1 Å². The third-order valence-corrected chi connectivity index (χ3v) is 3.58. The van der Waals surface area contributed by atoms with Crippen molar-refractivity contribution in [1.82, 2.24) is 9.97 Å². The number of benzene rings is 1. The molecule has 1 aliphatic heterocycles. The van der Waals surface area contributed by atoms with Gasteiger partial charge in [0.25, 0.3) is 0 Å². The molecule has 0 saturated heterocycles. The minimum absolute atomic E-state index is 0.0798. The van der Waals surface area contributed by atoms with Gasteiger partial charge in [-0.2, -0.15) is 0 Å². The van der Waals surface area contributed by atoms with E-state index in [0.717, 1.165) is 35.1 Å². The fourth-order valence-electron chi connectivity index (χ4n) is 2.36. The number of aryl methyl sites for hydroxylation is 1. The lowest BCUT2D eigenvalue weighted by Gasteiger charge is -2.13. The fraction of sp³-hybridized carbons (Fsp3) is 0.333. The maximum absolute atomic E-state index is 5.93. The number of fused-ring (bicyclic) bond motifs is 1. The zero-order chi connectivity index (χ0) is 13.4. The van der Waals surface area contributed by atoms with Crippen LogP contribution in [-0.2, 0) is 6.42 Å². The molecule has 19 heavy (non-hydrogen) atoms. The number of anilines is 1. The van der Waals surface area contributed by atoms with E-state index >= 15 is 0 Å². The average molecular weight is 255 g/mol. The lowest BCUT2D eigenvalue weighted by atomic mass is 10.1. The maximum atomic E-state index is 5.93. The zero-order valence-electron chi connectivity index (χ0n) is 11.4. The third-order valence-electron chi connectivity index (χ3n) is 3.58. The molecule has 98 valence electrons. The Morgan fingerprint density at radius 2 is 2.00 bits per heavy atom. The maximum Gasteiger partial charge on any atom is 0.172 e. The Hall–Kier alpha value is -2.10. The zero-order valence-corrected chi connectivity index (χ0v) is 11.4. The highest BCUT2D eigenvalue weighted by Gasteiger charge is 2.27. The predicted octanol–water partition coefficient (Wildman–Crippen LogP) is 2.81. The summed E-state index contributed by atoms with van der Waals surface area (Å²) in [6.07, 6.45) is 0.755. The highest BCUT2D eigenvalue weighted by atomic mass is 16.5. The van der Waals surface area contributed by atoms with Crippen molar-refractivity contribution in [1.29, 1.82) is 0 Å². The fourth-order valence-corrected chi connectivity index (χ4v) is 2.36. The largest absolute Gasteiger partial charge is 0.482 e. The summed E-state index contributed by atoms with van der Waals surface area (Å²) in [5, 5.41) is 3.11. The van der Waals surface area contributed by atoms with Gasteiger partial charge in [-0.3, -0.25) is 0 Å². The molecular weight excluding hydrogens is 238 g/mol. The Balaban J connectivity index is 1.95. The molecule has 4 heteroatoms. The van der Waals surface area contributed by atoms with Gasteiger partial charge in [0, 0.05) is 24.7 Å². The molecular formula is C15H17N3O. The van der Waals surface area contributed by atoms with Crippen molar-refractivity contribution in [3.05, 3.63) is 46.9 Å². The summed E-state index contributed by atoms with van der Waals surface area (Å²) in [6.45, 7) is 4.03. The van der Waals surface area contributed by atoms with Gasteiger partial charge in [0.05, 0.1) is 0 Å². The molecule has 1 aliphatic rings. The second-order valence-electron chi connectivity index (χ2n) is 4.81. The van der Waals surface area contributed by atoms with Crippen LogP contribution in [0.2, 0.25) is 0 Å². The molecule has 1 aromatic carbocycles. The Labute approximate surface area is 112 Å². The topological polar surface area (TPSA) is 47.0 Å². The molecule has 1 N–H and O–H groups in total. The number of rotatable bonds is 2. The van der Waals surface area contributed by atoms with Crippen LogP contribution in [0.15, 0.2) is 24.3 Å². The molecule has 0 aliphatic carbocycles. The van der Waals surface area contributed by atoms with E-state index in [0.29, 0.717) is 0 Å². The number of hydrogen-bond acceptors (Lipinski definition) is 4. The van der Waals surface area contributed by atoms with Gasteiger partial charge in [-0.1, -0.05) is 18.2 Å². The van der Waals surface area contributed by atoms with E-state index in [1.165, 1.54) is 5.56 Å². The summed E-state index contributed by atoms with van der Waals surface area (Å²) in [5.41, 5.74) is 3.30. The van der Waals surface area contributed by atoms with E-state index in [9.17, 15) is 0 Å². The summed E-state index contributed by atoms with van der Waals surface area (Å²) in [5.74, 6) is 2.58. The molecule has 0 bridgehead atoms. The quantitative estimate of drug-likeness (QED) is 0.896. The molecule has 0 fully saturated rings. The molecule has 1 atom stereocenters. The first-order valence-corrected chi connectivity index (χ1v) is 6.46. The molecule has 1 aromatic heterocycles. The predicted molar refractivity (Wildman–Crippen MR) is 74.6 cm³/mol. The molecule has 2 aromatic rings. The lowest BCUT2D eigenvalue weighted by molar-refractivity contribution is 0.227. The van der Waals surface area contributed by atoms with E-state index in [2.05, 4.69) is 21.4 Å². The minimum atomic E-state index is -0.0798. The van der Waals surface area contributed by atoms with Crippen LogP contribution in [0.5, 0.6) is 5.75 Å². The van der Waals surface area contributed by atoms with E-state index < -0.39 is 0 Å². The number of nitrogens with zero attached hydrogens (tertiary/aromatic N) is 2. The smallest absolute Gasteiger partial charge is 0.172 e. The molecule has 4 nitrogen and oxygen atoms in total. The summed E-state index contributed by atoms with van der Waals surface area (Å²) in [4.78, 5) is 9.14. The highest BCUT2D eigenvalue weighted by Crippen LogP contribution is 2.35. The van der Waals surface area contributed by atoms with Gasteiger partial charge in [0.15, 0.2) is 11.9 Å². The second kappa shape index (κ2) is 4.53. The van der Waals surface area contributed by atoms with E-state index in [1.54, 1.807) is 0 Å². The number of para-hydroxylation sites is 1. The van der Waals surface area contributed by atoms with Gasteiger partial charge in [0.1, 0.15) is 11.6 Å². The van der Waals surface area contributed by atoms with E-state index in [1.807, 2.05) is 39.1 Å². The number of nitrogens with one attached hydrogen (secondary N) is 1. The third kappa shape index (κ3) is 2.03. The molecule has 3 rings (SSSR count). The Bertz CT molecular complexity index is 600. The number of ether oxygens (including phenoxy) is 1. The summed E-state index contributed by atoms with van der Waals surface area (Å²) < 4.78 is 5.93. The van der Waals surface area contributed by atoms with Crippen molar-refractivity contribution in [2.24, 2.45) is 0 Å². The Morgan fingerprint density at radius 1 is 1.21 bits per heavy atom. The molecule has 0 spiro atoms. The molecule has 0 saturated carbocycles. The highest BCUT2D eigenvalue weighted by molar-refractivity contribution is 5.46. The van der Waals surface area contributed by atoms with E-state index in [-0.39, 0.29) is 6.10 Å². The van der Waals surface area contributed by atoms with Crippen molar-refractivity contribution >= 4 is 5.82 Å². The standard InChI is InChI=1S/C15H17N3O/c1-9-10(2)17-15(18-14(9)16-3)13-8-11-6-4-5-7-12(11)19-13/h4-7,13H,8H2,1-3H3,(H,16,17,18). The molecule has 0 amide bonds. The summed E-state index contributed by atoms with van der Waals surface area (Å²) in [6, 6.07) is 8.11. The van der Waals surface area contributed by atoms with Crippen LogP contribution in [0.25, 0.3) is 0 Å². The summed E-state index contributed by atoms with van der Waals surface area (Å²) in [7, 11) is 1.88. The average Bonchev–Trinajstić information content (AvgIpc) is 2.85. The Morgan fingerprint density at radius 3 is 2.74 bits per heavy atom. The SMILES string of the molecule is CNc1nc(C2Cc3ccccc3O2)nc(C)c1C. The van der Waals surface area contributed by atoms with Gasteiger partial charge in [-0.05, 0) is 25.5 Å². The van der Waals surface area contributed by atoms with Crippen LogP contribution in [0.4, 0.5) is 5.82 Å². The van der Waals surface area contributed by atoms with Crippen molar-refractivity contribution in [2.45, 2.75) is 26.4 Å². The first-order valence-electron chi connectivity index (χ1n) is 6.46. The van der Waals surface area contributed by atoms with Crippen molar-refractivity contribution in [3.63, 3.8) is 0 Å². The van der Waals surface area contributed by atoms with Crippen LogP contribution < -0.4 is 10.1 Å². The van der Waals surface area contributed by atoms with Crippen LogP contribution >= 0.6 is 0 Å². The summed E-state index contributed by atoms with van der Waals surface area (Å²) >= 11 is 0. The van der Waals surface area contributed by atoms with Crippen LogP contribution in [0.3, 0.4) is 0 Å². The monoisotopic (exact) mass is 255 g/mol. The van der Waals surface area contributed by atoms with Crippen LogP contribution in [0, 0.1) is 13.8 Å². The van der Waals surface area contributed by atoms with Gasteiger partial charge in [0.2, 0.25) is 0 Å². The van der Waals surface area contributed by atoms with Crippen LogP contribution in [0.1, 0.15) is 28.7 Å². The number of aromatic nitrogens is 2. The lowest BCUT2D eigenvalue weighted by Crippen LogP contribution is -2.12. The van der Waals surface area contributed by atoms with Gasteiger partial charge in [-0.25, -0.2) is 9.97 Å². The first kappa shape index (κ1) is 12.0. The van der Waals surface area contributed by atoms with Crippen molar-refractivity contribution in [2.75, 3.05) is 12.4 Å². The van der Waals surface area contributed by atoms with Gasteiger partial charge >= 0.3 is 0 Å². The van der Waals surface area contributed by atoms with Gasteiger partial charge in [-0.15, -0.1) is 0 Å². The molecule has 0 radical (unpaired) electrons. The Kier molecular flexibility index (Phi) is 2.85. The molecule has 2 heterocycles. The van der Waals surface area contributed by atoms with Crippen LogP contribution in [-0.4, -0.2) is 17.0 Å².